The van der Waals surface area contributed by atoms with Crippen molar-refractivity contribution in [3.05, 3.63) is 69.1 Å². The molecule has 0 aliphatic heterocycles. The zero-order valence-electron chi connectivity index (χ0n) is 14.4. The number of hydrogen-bond donors (Lipinski definition) is 2. The van der Waals surface area contributed by atoms with Crippen LogP contribution < -0.4 is 16.6 Å². The maximum absolute atomic E-state index is 12.5. The number of carbonyl (C=O) groups is 1. The minimum absolute atomic E-state index is 0. The first-order chi connectivity index (χ1) is 12.0. The van der Waals surface area contributed by atoms with Gasteiger partial charge in [0.05, 0.1) is 12.1 Å². The third kappa shape index (κ3) is 5.10. The number of nitrogens with zero attached hydrogens (tertiary/aromatic N) is 1. The molecule has 140 valence electrons. The molecular weight excluding hydrogens is 373 g/mol. The van der Waals surface area contributed by atoms with Crippen molar-refractivity contribution >= 4 is 29.9 Å². The normalized spacial score (nSPS) is 19.5. The number of pyridine rings is 1. The highest BCUT2D eigenvalue weighted by atomic mass is 35.5. The molecule has 0 radical (unpaired) electrons. The Bertz CT molecular complexity index is 814. The van der Waals surface area contributed by atoms with Crippen LogP contribution >= 0.6 is 24.0 Å². The van der Waals surface area contributed by atoms with Crippen LogP contribution in [-0.4, -0.2) is 22.6 Å². The monoisotopic (exact) mass is 395 g/mol. The van der Waals surface area contributed by atoms with E-state index in [0.29, 0.717) is 17.1 Å². The lowest BCUT2D eigenvalue weighted by atomic mass is 9.91. The van der Waals surface area contributed by atoms with E-state index < -0.39 is 0 Å². The van der Waals surface area contributed by atoms with Crippen LogP contribution in [0.4, 0.5) is 0 Å². The smallest absolute Gasteiger partial charge is 0.252 e. The van der Waals surface area contributed by atoms with Gasteiger partial charge in [-0.2, -0.15) is 0 Å². The predicted octanol–water partition coefficient (Wildman–Crippen LogP) is 2.97. The summed E-state index contributed by atoms with van der Waals surface area (Å²) in [7, 11) is 0. The number of carbonyl (C=O) groups excluding carboxylic acids is 1. The van der Waals surface area contributed by atoms with Gasteiger partial charge in [0, 0.05) is 29.4 Å². The summed E-state index contributed by atoms with van der Waals surface area (Å²) in [4.78, 5) is 24.6. The first-order valence-corrected chi connectivity index (χ1v) is 8.91. The van der Waals surface area contributed by atoms with Gasteiger partial charge in [-0.25, -0.2) is 0 Å². The molecule has 0 spiro atoms. The molecule has 1 aliphatic carbocycles. The zero-order chi connectivity index (χ0) is 17.8. The van der Waals surface area contributed by atoms with Crippen LogP contribution in [0.3, 0.4) is 0 Å². The maximum Gasteiger partial charge on any atom is 0.252 e. The largest absolute Gasteiger partial charge is 0.349 e. The van der Waals surface area contributed by atoms with Gasteiger partial charge in [0.25, 0.3) is 11.5 Å². The quantitative estimate of drug-likeness (QED) is 0.834. The van der Waals surface area contributed by atoms with E-state index >= 15 is 0 Å². The molecule has 1 fully saturated rings. The fourth-order valence-electron chi connectivity index (χ4n) is 3.13. The molecule has 1 aromatic heterocycles. The number of halogens is 2. The van der Waals surface area contributed by atoms with Crippen LogP contribution in [0, 0.1) is 0 Å². The van der Waals surface area contributed by atoms with E-state index in [-0.39, 0.29) is 36.0 Å². The third-order valence-electron chi connectivity index (χ3n) is 4.65. The zero-order valence-corrected chi connectivity index (χ0v) is 15.9. The van der Waals surface area contributed by atoms with Crippen molar-refractivity contribution in [1.82, 2.24) is 9.88 Å². The summed E-state index contributed by atoms with van der Waals surface area (Å²) < 4.78 is 1.51. The lowest BCUT2D eigenvalue weighted by molar-refractivity contribution is 0.0925. The van der Waals surface area contributed by atoms with Crippen LogP contribution in [-0.2, 0) is 6.54 Å². The van der Waals surface area contributed by atoms with Crippen LogP contribution in [0.1, 0.15) is 41.6 Å². The molecule has 1 aliphatic rings. The maximum atomic E-state index is 12.5. The summed E-state index contributed by atoms with van der Waals surface area (Å²) >= 11 is 6.16. The number of rotatable bonds is 4. The minimum Gasteiger partial charge on any atom is -0.349 e. The molecule has 7 heteroatoms. The summed E-state index contributed by atoms with van der Waals surface area (Å²) in [5.74, 6) is -0.159. The molecule has 1 amide bonds. The molecule has 0 atom stereocenters. The van der Waals surface area contributed by atoms with Crippen molar-refractivity contribution in [2.45, 2.75) is 44.3 Å². The number of aromatic nitrogens is 1. The number of amides is 1. The van der Waals surface area contributed by atoms with E-state index in [2.05, 4.69) is 5.32 Å². The fraction of sp³-hybridized carbons (Fsp3) is 0.368. The van der Waals surface area contributed by atoms with Crippen LogP contribution in [0.15, 0.2) is 47.4 Å². The highest BCUT2D eigenvalue weighted by molar-refractivity contribution is 6.31. The molecule has 1 aromatic carbocycles. The van der Waals surface area contributed by atoms with Gasteiger partial charge in [0.15, 0.2) is 0 Å². The van der Waals surface area contributed by atoms with Crippen molar-refractivity contribution < 1.29 is 4.79 Å². The Morgan fingerprint density at radius 2 is 1.85 bits per heavy atom. The Balaban J connectivity index is 0.00000243. The highest BCUT2D eigenvalue weighted by Gasteiger charge is 2.20. The van der Waals surface area contributed by atoms with Crippen molar-refractivity contribution in [2.75, 3.05) is 0 Å². The molecule has 26 heavy (non-hydrogen) atoms. The molecule has 3 N–H and O–H groups in total. The molecule has 0 bridgehead atoms. The van der Waals surface area contributed by atoms with E-state index in [1.165, 1.54) is 10.6 Å². The van der Waals surface area contributed by atoms with Gasteiger partial charge >= 0.3 is 0 Å². The minimum atomic E-state index is -0.167. The van der Waals surface area contributed by atoms with Gasteiger partial charge in [-0.3, -0.25) is 9.59 Å². The second-order valence-corrected chi connectivity index (χ2v) is 6.97. The Morgan fingerprint density at radius 3 is 2.54 bits per heavy atom. The van der Waals surface area contributed by atoms with Gasteiger partial charge < -0.3 is 15.6 Å². The van der Waals surface area contributed by atoms with Gasteiger partial charge in [-0.05, 0) is 43.4 Å². The lowest BCUT2D eigenvalue weighted by Gasteiger charge is -2.26. The second kappa shape index (κ2) is 9.21. The van der Waals surface area contributed by atoms with Gasteiger partial charge in [0.2, 0.25) is 0 Å². The van der Waals surface area contributed by atoms with E-state index in [0.717, 1.165) is 31.2 Å². The standard InChI is InChI=1S/C19H22ClN3O2.ClH/c20-17-4-2-1-3-13(17)11-23-12-14(5-10-18(23)24)19(25)22-16-8-6-15(21)7-9-16;/h1-5,10,12,15-16H,6-9,11,21H2,(H,22,25);1H. The number of nitrogens with one attached hydrogen (secondary N) is 1. The van der Waals surface area contributed by atoms with Gasteiger partial charge in [0.1, 0.15) is 0 Å². The Kier molecular flexibility index (Phi) is 7.26. The van der Waals surface area contributed by atoms with Gasteiger partial charge in [-0.1, -0.05) is 29.8 Å². The van der Waals surface area contributed by atoms with E-state index in [1.807, 2.05) is 18.2 Å². The first-order valence-electron chi connectivity index (χ1n) is 8.53. The van der Waals surface area contributed by atoms with Crippen LogP contribution in [0.25, 0.3) is 0 Å². The average molecular weight is 396 g/mol. The molecule has 0 saturated heterocycles. The molecule has 0 unspecified atom stereocenters. The van der Waals surface area contributed by atoms with E-state index in [4.69, 9.17) is 17.3 Å². The Morgan fingerprint density at radius 1 is 1.15 bits per heavy atom. The predicted molar refractivity (Wildman–Crippen MR) is 106 cm³/mol. The number of nitrogens with two attached hydrogens (primary N) is 1. The van der Waals surface area contributed by atoms with Crippen molar-refractivity contribution in [1.29, 1.82) is 0 Å². The molecule has 1 saturated carbocycles. The molecular formula is C19H23Cl2N3O2. The molecule has 2 aromatic rings. The van der Waals surface area contributed by atoms with Crippen molar-refractivity contribution in [2.24, 2.45) is 5.73 Å². The van der Waals surface area contributed by atoms with Crippen LogP contribution in [0.2, 0.25) is 5.02 Å². The summed E-state index contributed by atoms with van der Waals surface area (Å²) in [5.41, 5.74) is 7.04. The summed E-state index contributed by atoms with van der Waals surface area (Å²) in [6.07, 6.45) is 5.24. The topological polar surface area (TPSA) is 77.1 Å². The molecule has 3 rings (SSSR count). The summed E-state index contributed by atoms with van der Waals surface area (Å²) in [6, 6.07) is 10.7. The Hall–Kier alpha value is -1.82. The molecule has 1 heterocycles. The average Bonchev–Trinajstić information content (AvgIpc) is 2.60. The summed E-state index contributed by atoms with van der Waals surface area (Å²) in [6.45, 7) is 0.331. The first kappa shape index (κ1) is 20.5. The summed E-state index contributed by atoms with van der Waals surface area (Å²) in [5, 5.41) is 3.64. The molecule has 5 nitrogen and oxygen atoms in total. The van der Waals surface area contributed by atoms with E-state index in [1.54, 1.807) is 18.3 Å². The van der Waals surface area contributed by atoms with E-state index in [9.17, 15) is 9.59 Å². The third-order valence-corrected chi connectivity index (χ3v) is 5.02. The second-order valence-electron chi connectivity index (χ2n) is 6.56. The fourth-order valence-corrected chi connectivity index (χ4v) is 3.33. The SMILES string of the molecule is Cl.NC1CCC(NC(=O)c2ccc(=O)n(Cc3ccccc3Cl)c2)CC1. The van der Waals surface area contributed by atoms with Crippen molar-refractivity contribution in [3.8, 4) is 0 Å². The van der Waals surface area contributed by atoms with Gasteiger partial charge in [-0.15, -0.1) is 12.4 Å². The van der Waals surface area contributed by atoms with Crippen LogP contribution in [0.5, 0.6) is 0 Å². The number of hydrogen-bond acceptors (Lipinski definition) is 3. The van der Waals surface area contributed by atoms with Crippen molar-refractivity contribution in [3.63, 3.8) is 0 Å². The highest BCUT2D eigenvalue weighted by Crippen LogP contribution is 2.18. The number of benzene rings is 1. The lowest BCUT2D eigenvalue weighted by Crippen LogP contribution is -2.40. The Labute approximate surface area is 164 Å².